The van der Waals surface area contributed by atoms with Crippen LogP contribution in [0.1, 0.15) is 25.3 Å². The zero-order chi connectivity index (χ0) is 12.8. The minimum atomic E-state index is 0.817. The molecule has 2 nitrogen and oxygen atoms in total. The van der Waals surface area contributed by atoms with Crippen molar-refractivity contribution in [1.82, 2.24) is 0 Å². The van der Waals surface area contributed by atoms with Crippen LogP contribution in [0.4, 0.5) is 5.69 Å². The van der Waals surface area contributed by atoms with E-state index in [-0.39, 0.29) is 0 Å². The molecule has 0 amide bonds. The first-order valence-corrected chi connectivity index (χ1v) is 6.41. The zero-order valence-corrected chi connectivity index (χ0v) is 10.7. The van der Waals surface area contributed by atoms with E-state index in [0.717, 1.165) is 42.0 Å². The highest BCUT2D eigenvalue weighted by molar-refractivity contribution is 5.55. The predicted molar refractivity (Wildman–Crippen MR) is 76.0 cm³/mol. The molecule has 2 aromatic carbocycles. The van der Waals surface area contributed by atoms with Crippen LogP contribution in [0.3, 0.4) is 0 Å². The van der Waals surface area contributed by atoms with Crippen LogP contribution in [0.5, 0.6) is 11.5 Å². The summed E-state index contributed by atoms with van der Waals surface area (Å²) in [6, 6.07) is 15.7. The van der Waals surface area contributed by atoms with E-state index in [1.807, 2.05) is 48.5 Å². The number of nitrogen functional groups attached to an aromatic ring is 1. The molecule has 0 aliphatic rings. The van der Waals surface area contributed by atoms with Gasteiger partial charge in [0, 0.05) is 11.3 Å². The predicted octanol–water partition coefficient (Wildman–Crippen LogP) is 4.40. The smallest absolute Gasteiger partial charge is 0.132 e. The summed E-state index contributed by atoms with van der Waals surface area (Å²) in [4.78, 5) is 0. The Morgan fingerprint density at radius 3 is 2.50 bits per heavy atom. The Balaban J connectivity index is 2.24. The SMILES string of the molecule is CCCCc1c(N)cccc1Oc1ccccc1. The standard InChI is InChI=1S/C16H19NO/c1-2-3-10-14-15(17)11-7-12-16(14)18-13-8-5-4-6-9-13/h4-9,11-12H,2-3,10,17H2,1H3. The van der Waals surface area contributed by atoms with Crippen LogP contribution in [-0.2, 0) is 6.42 Å². The van der Waals surface area contributed by atoms with Crippen LogP contribution in [0.2, 0.25) is 0 Å². The molecule has 0 aromatic heterocycles. The van der Waals surface area contributed by atoms with Gasteiger partial charge in [0.25, 0.3) is 0 Å². The molecular formula is C16H19NO. The van der Waals surface area contributed by atoms with Gasteiger partial charge in [-0.2, -0.15) is 0 Å². The highest BCUT2D eigenvalue weighted by atomic mass is 16.5. The fourth-order valence-corrected chi connectivity index (χ4v) is 1.91. The lowest BCUT2D eigenvalue weighted by molar-refractivity contribution is 0.475. The first-order chi connectivity index (χ1) is 8.81. The molecule has 2 N–H and O–H groups in total. The van der Waals surface area contributed by atoms with Crippen LogP contribution < -0.4 is 10.5 Å². The van der Waals surface area contributed by atoms with Crippen molar-refractivity contribution in [2.75, 3.05) is 5.73 Å². The van der Waals surface area contributed by atoms with Gasteiger partial charge in [-0.1, -0.05) is 37.6 Å². The summed E-state index contributed by atoms with van der Waals surface area (Å²) in [5, 5.41) is 0. The summed E-state index contributed by atoms with van der Waals surface area (Å²) >= 11 is 0. The van der Waals surface area contributed by atoms with Gasteiger partial charge in [-0.3, -0.25) is 0 Å². The number of rotatable bonds is 5. The van der Waals surface area contributed by atoms with Gasteiger partial charge in [0.15, 0.2) is 0 Å². The van der Waals surface area contributed by atoms with Gasteiger partial charge in [0.1, 0.15) is 11.5 Å². The molecule has 0 unspecified atom stereocenters. The Bertz CT molecular complexity index is 494. The molecule has 18 heavy (non-hydrogen) atoms. The summed E-state index contributed by atoms with van der Waals surface area (Å²) in [6.45, 7) is 2.18. The van der Waals surface area contributed by atoms with Crippen molar-refractivity contribution in [2.24, 2.45) is 0 Å². The number of para-hydroxylation sites is 1. The van der Waals surface area contributed by atoms with E-state index in [4.69, 9.17) is 10.5 Å². The molecule has 0 fully saturated rings. The minimum absolute atomic E-state index is 0.817. The van der Waals surface area contributed by atoms with Gasteiger partial charge in [-0.05, 0) is 37.1 Å². The van der Waals surface area contributed by atoms with Gasteiger partial charge >= 0.3 is 0 Å². The molecule has 94 valence electrons. The van der Waals surface area contributed by atoms with Crippen LogP contribution in [-0.4, -0.2) is 0 Å². The van der Waals surface area contributed by atoms with Gasteiger partial charge in [0.05, 0.1) is 0 Å². The van der Waals surface area contributed by atoms with Gasteiger partial charge in [-0.25, -0.2) is 0 Å². The third-order valence-corrected chi connectivity index (χ3v) is 2.92. The Labute approximate surface area is 108 Å². The molecule has 0 saturated carbocycles. The fraction of sp³-hybridized carbons (Fsp3) is 0.250. The number of benzene rings is 2. The van der Waals surface area contributed by atoms with Crippen LogP contribution >= 0.6 is 0 Å². The van der Waals surface area contributed by atoms with Crippen molar-refractivity contribution in [1.29, 1.82) is 0 Å². The molecule has 0 bridgehead atoms. The van der Waals surface area contributed by atoms with Gasteiger partial charge in [-0.15, -0.1) is 0 Å². The summed E-state index contributed by atoms with van der Waals surface area (Å²) in [7, 11) is 0. The fourth-order valence-electron chi connectivity index (χ4n) is 1.91. The number of hydrogen-bond acceptors (Lipinski definition) is 2. The summed E-state index contributed by atoms with van der Waals surface area (Å²) < 4.78 is 5.91. The number of unbranched alkanes of at least 4 members (excludes halogenated alkanes) is 1. The molecule has 2 rings (SSSR count). The molecule has 0 saturated heterocycles. The Kier molecular flexibility index (Phi) is 4.24. The van der Waals surface area contributed by atoms with E-state index in [1.165, 1.54) is 0 Å². The van der Waals surface area contributed by atoms with Crippen molar-refractivity contribution in [2.45, 2.75) is 26.2 Å². The Morgan fingerprint density at radius 1 is 1.00 bits per heavy atom. The van der Waals surface area contributed by atoms with Crippen LogP contribution in [0.15, 0.2) is 48.5 Å². The van der Waals surface area contributed by atoms with Crippen molar-refractivity contribution in [3.05, 3.63) is 54.1 Å². The van der Waals surface area contributed by atoms with E-state index in [2.05, 4.69) is 6.92 Å². The number of anilines is 1. The van der Waals surface area contributed by atoms with Crippen molar-refractivity contribution >= 4 is 5.69 Å². The molecule has 2 heteroatoms. The molecular weight excluding hydrogens is 222 g/mol. The second-order valence-corrected chi connectivity index (χ2v) is 4.34. The third kappa shape index (κ3) is 3.04. The zero-order valence-electron chi connectivity index (χ0n) is 10.7. The van der Waals surface area contributed by atoms with Crippen LogP contribution in [0, 0.1) is 0 Å². The molecule has 0 radical (unpaired) electrons. The lowest BCUT2D eigenvalue weighted by Gasteiger charge is -2.13. The van der Waals surface area contributed by atoms with E-state index < -0.39 is 0 Å². The molecule has 0 aliphatic heterocycles. The largest absolute Gasteiger partial charge is 0.457 e. The lowest BCUT2D eigenvalue weighted by atomic mass is 10.1. The van der Waals surface area contributed by atoms with Crippen molar-refractivity contribution < 1.29 is 4.74 Å². The maximum atomic E-state index is 6.04. The molecule has 0 heterocycles. The summed E-state index contributed by atoms with van der Waals surface area (Å²) in [5.41, 5.74) is 7.97. The van der Waals surface area contributed by atoms with E-state index in [1.54, 1.807) is 0 Å². The average Bonchev–Trinajstić information content (AvgIpc) is 2.39. The third-order valence-electron chi connectivity index (χ3n) is 2.92. The van der Waals surface area contributed by atoms with Gasteiger partial charge < -0.3 is 10.5 Å². The summed E-state index contributed by atoms with van der Waals surface area (Å²) in [5.74, 6) is 1.72. The second kappa shape index (κ2) is 6.10. The lowest BCUT2D eigenvalue weighted by Crippen LogP contribution is -1.98. The van der Waals surface area contributed by atoms with Crippen LogP contribution in [0.25, 0.3) is 0 Å². The molecule has 2 aromatic rings. The number of nitrogens with two attached hydrogens (primary N) is 1. The topological polar surface area (TPSA) is 35.2 Å². The second-order valence-electron chi connectivity index (χ2n) is 4.34. The average molecular weight is 241 g/mol. The van der Waals surface area contributed by atoms with E-state index in [9.17, 15) is 0 Å². The molecule has 0 aliphatic carbocycles. The summed E-state index contributed by atoms with van der Waals surface area (Å²) in [6.07, 6.45) is 3.24. The highest BCUT2D eigenvalue weighted by Crippen LogP contribution is 2.30. The Morgan fingerprint density at radius 2 is 1.78 bits per heavy atom. The quantitative estimate of drug-likeness (QED) is 0.787. The number of hydrogen-bond donors (Lipinski definition) is 1. The normalized spacial score (nSPS) is 10.3. The first-order valence-electron chi connectivity index (χ1n) is 6.41. The first kappa shape index (κ1) is 12.5. The van der Waals surface area contributed by atoms with E-state index in [0.29, 0.717) is 0 Å². The van der Waals surface area contributed by atoms with E-state index >= 15 is 0 Å². The molecule has 0 spiro atoms. The number of ether oxygens (including phenoxy) is 1. The van der Waals surface area contributed by atoms with Gasteiger partial charge in [0.2, 0.25) is 0 Å². The minimum Gasteiger partial charge on any atom is -0.457 e. The van der Waals surface area contributed by atoms with Crippen molar-refractivity contribution in [3.8, 4) is 11.5 Å². The molecule has 0 atom stereocenters. The Hall–Kier alpha value is -1.96. The monoisotopic (exact) mass is 241 g/mol. The highest BCUT2D eigenvalue weighted by Gasteiger charge is 2.07. The maximum absolute atomic E-state index is 6.04. The van der Waals surface area contributed by atoms with Crippen molar-refractivity contribution in [3.63, 3.8) is 0 Å². The maximum Gasteiger partial charge on any atom is 0.132 e.